The van der Waals surface area contributed by atoms with Crippen molar-refractivity contribution in [3.05, 3.63) is 59.5 Å². The van der Waals surface area contributed by atoms with E-state index in [0.29, 0.717) is 24.8 Å². The molecule has 1 aromatic carbocycles. The number of nitrogens with zero attached hydrogens (tertiary/aromatic N) is 1. The predicted molar refractivity (Wildman–Crippen MR) is 96.9 cm³/mol. The van der Waals surface area contributed by atoms with E-state index in [0.717, 1.165) is 13.0 Å². The van der Waals surface area contributed by atoms with E-state index in [9.17, 15) is 5.11 Å². The zero-order valence-corrected chi connectivity index (χ0v) is 14.7. The summed E-state index contributed by atoms with van der Waals surface area (Å²) in [6.45, 7) is 7.54. The number of aryl methyl sites for hydroxylation is 1. The molecule has 2 aromatic rings. The molecule has 0 amide bonds. The number of nitrogens with one attached hydrogen (secondary N) is 2. The summed E-state index contributed by atoms with van der Waals surface area (Å²) in [6.07, 6.45) is 2.55. The second kappa shape index (κ2) is 8.55. The zero-order chi connectivity index (χ0) is 17.4. The van der Waals surface area contributed by atoms with E-state index < -0.39 is 5.60 Å². The molecule has 2 rings (SSSR count). The Kier molecular flexibility index (Phi) is 6.44. The highest BCUT2D eigenvalue weighted by atomic mass is 16.4. The fraction of sp³-hybridized carbons (Fsp3) is 0.421. The first-order valence-electron chi connectivity index (χ1n) is 8.42. The molecule has 5 heteroatoms. The molecular formula is C19H27N3O2. The summed E-state index contributed by atoms with van der Waals surface area (Å²) in [5, 5.41) is 16.9. The fourth-order valence-electron chi connectivity index (χ4n) is 2.49. The van der Waals surface area contributed by atoms with Gasteiger partial charge in [0.2, 0.25) is 0 Å². The molecule has 0 spiro atoms. The van der Waals surface area contributed by atoms with Gasteiger partial charge in [0.25, 0.3) is 0 Å². The van der Waals surface area contributed by atoms with Crippen LogP contribution in [-0.4, -0.2) is 24.2 Å². The van der Waals surface area contributed by atoms with Crippen molar-refractivity contribution in [3.63, 3.8) is 0 Å². The third-order valence-electron chi connectivity index (χ3n) is 3.90. The Balaban J connectivity index is 2.03. The first-order chi connectivity index (χ1) is 11.6. The van der Waals surface area contributed by atoms with Crippen LogP contribution in [0, 0.1) is 0 Å². The van der Waals surface area contributed by atoms with Gasteiger partial charge < -0.3 is 20.2 Å². The number of aliphatic imine (C=N–C) groups is 1. The van der Waals surface area contributed by atoms with Gasteiger partial charge in [0.1, 0.15) is 11.4 Å². The van der Waals surface area contributed by atoms with Crippen molar-refractivity contribution in [2.75, 3.05) is 13.1 Å². The Morgan fingerprint density at radius 2 is 1.88 bits per heavy atom. The largest absolute Gasteiger partial charge is 0.466 e. The Labute approximate surface area is 143 Å². The summed E-state index contributed by atoms with van der Waals surface area (Å²) >= 11 is 0. The van der Waals surface area contributed by atoms with Crippen LogP contribution in [0.1, 0.15) is 37.7 Å². The van der Waals surface area contributed by atoms with Crippen LogP contribution in [0.2, 0.25) is 0 Å². The summed E-state index contributed by atoms with van der Waals surface area (Å²) in [5.74, 6) is 1.21. The quantitative estimate of drug-likeness (QED) is 0.540. The second-order valence-corrected chi connectivity index (χ2v) is 5.92. The van der Waals surface area contributed by atoms with Crippen LogP contribution < -0.4 is 10.6 Å². The maximum Gasteiger partial charge on any atom is 0.191 e. The van der Waals surface area contributed by atoms with E-state index in [1.807, 2.05) is 13.0 Å². The van der Waals surface area contributed by atoms with Gasteiger partial charge in [-0.3, -0.25) is 0 Å². The van der Waals surface area contributed by atoms with Gasteiger partial charge in [-0.05, 0) is 43.5 Å². The van der Waals surface area contributed by atoms with Crippen LogP contribution >= 0.6 is 0 Å². The van der Waals surface area contributed by atoms with Crippen LogP contribution in [0.4, 0.5) is 0 Å². The molecule has 130 valence electrons. The number of rotatable bonds is 7. The summed E-state index contributed by atoms with van der Waals surface area (Å²) < 4.78 is 5.30. The van der Waals surface area contributed by atoms with Crippen molar-refractivity contribution in [1.29, 1.82) is 0 Å². The van der Waals surface area contributed by atoms with Gasteiger partial charge >= 0.3 is 0 Å². The highest BCUT2D eigenvalue weighted by molar-refractivity contribution is 5.79. The highest BCUT2D eigenvalue weighted by Gasteiger charge is 2.26. The van der Waals surface area contributed by atoms with Crippen molar-refractivity contribution in [2.24, 2.45) is 4.99 Å². The van der Waals surface area contributed by atoms with Crippen molar-refractivity contribution >= 4 is 5.96 Å². The molecule has 0 aliphatic rings. The predicted octanol–water partition coefficient (Wildman–Crippen LogP) is 2.80. The molecule has 0 aliphatic heterocycles. The number of furan rings is 1. The standard InChI is InChI=1S/C19H27N3O2/c1-4-15-9-6-7-10-16(15)13-21-18(20-5-2)22-14-19(3,23)17-11-8-12-24-17/h6-12,23H,4-5,13-14H2,1-3H3,(H2,20,21,22). The first-order valence-corrected chi connectivity index (χ1v) is 8.42. The molecule has 0 aliphatic carbocycles. The number of benzene rings is 1. The zero-order valence-electron chi connectivity index (χ0n) is 14.7. The summed E-state index contributed by atoms with van der Waals surface area (Å²) in [5.41, 5.74) is 1.43. The highest BCUT2D eigenvalue weighted by Crippen LogP contribution is 2.19. The topological polar surface area (TPSA) is 69.8 Å². The Hall–Kier alpha value is -2.27. The van der Waals surface area contributed by atoms with Crippen molar-refractivity contribution in [2.45, 2.75) is 39.3 Å². The molecule has 0 radical (unpaired) electrons. The minimum Gasteiger partial charge on any atom is -0.466 e. The van der Waals surface area contributed by atoms with Gasteiger partial charge in [0.15, 0.2) is 5.96 Å². The van der Waals surface area contributed by atoms with Crippen LogP contribution in [0.5, 0.6) is 0 Å². The van der Waals surface area contributed by atoms with E-state index in [-0.39, 0.29) is 0 Å². The number of hydrogen-bond acceptors (Lipinski definition) is 3. The van der Waals surface area contributed by atoms with E-state index >= 15 is 0 Å². The van der Waals surface area contributed by atoms with E-state index in [1.165, 1.54) is 11.1 Å². The van der Waals surface area contributed by atoms with Gasteiger partial charge in [-0.1, -0.05) is 31.2 Å². The third-order valence-corrected chi connectivity index (χ3v) is 3.90. The van der Waals surface area contributed by atoms with Crippen LogP contribution in [0.25, 0.3) is 0 Å². The minimum atomic E-state index is -1.10. The van der Waals surface area contributed by atoms with Gasteiger partial charge in [0, 0.05) is 6.54 Å². The molecule has 24 heavy (non-hydrogen) atoms. The van der Waals surface area contributed by atoms with E-state index in [1.54, 1.807) is 25.3 Å². The first kappa shape index (κ1) is 18.1. The summed E-state index contributed by atoms with van der Waals surface area (Å²) in [6, 6.07) is 11.9. The normalized spacial score (nSPS) is 14.2. The van der Waals surface area contributed by atoms with Crippen LogP contribution in [0.3, 0.4) is 0 Å². The molecule has 1 aromatic heterocycles. The lowest BCUT2D eigenvalue weighted by Gasteiger charge is -2.22. The smallest absolute Gasteiger partial charge is 0.191 e. The molecular weight excluding hydrogens is 302 g/mol. The molecule has 0 bridgehead atoms. The van der Waals surface area contributed by atoms with Gasteiger partial charge in [-0.15, -0.1) is 0 Å². The maximum atomic E-state index is 10.5. The number of hydrogen-bond donors (Lipinski definition) is 3. The maximum absolute atomic E-state index is 10.5. The fourth-order valence-corrected chi connectivity index (χ4v) is 2.49. The summed E-state index contributed by atoms with van der Waals surface area (Å²) in [4.78, 5) is 4.63. The molecule has 1 heterocycles. The van der Waals surface area contributed by atoms with E-state index in [4.69, 9.17) is 4.42 Å². The monoisotopic (exact) mass is 329 g/mol. The van der Waals surface area contributed by atoms with Gasteiger partial charge in [-0.25, -0.2) is 4.99 Å². The molecule has 1 atom stereocenters. The lowest BCUT2D eigenvalue weighted by atomic mass is 10.0. The van der Waals surface area contributed by atoms with Crippen LogP contribution in [0.15, 0.2) is 52.1 Å². The van der Waals surface area contributed by atoms with Crippen molar-refractivity contribution < 1.29 is 9.52 Å². The molecule has 5 nitrogen and oxygen atoms in total. The average Bonchev–Trinajstić information content (AvgIpc) is 3.13. The van der Waals surface area contributed by atoms with Gasteiger partial charge in [0.05, 0.1) is 19.4 Å². The third kappa shape index (κ3) is 4.86. The number of guanidine groups is 1. The lowest BCUT2D eigenvalue weighted by Crippen LogP contribution is -2.44. The lowest BCUT2D eigenvalue weighted by molar-refractivity contribution is 0.0386. The minimum absolute atomic E-state index is 0.307. The van der Waals surface area contributed by atoms with Gasteiger partial charge in [-0.2, -0.15) is 0 Å². The van der Waals surface area contributed by atoms with Crippen molar-refractivity contribution in [1.82, 2.24) is 10.6 Å². The van der Waals surface area contributed by atoms with Crippen molar-refractivity contribution in [3.8, 4) is 0 Å². The summed E-state index contributed by atoms with van der Waals surface area (Å²) in [7, 11) is 0. The Morgan fingerprint density at radius 1 is 1.12 bits per heavy atom. The second-order valence-electron chi connectivity index (χ2n) is 5.92. The Morgan fingerprint density at radius 3 is 2.50 bits per heavy atom. The molecule has 1 unspecified atom stereocenters. The van der Waals surface area contributed by atoms with E-state index in [2.05, 4.69) is 40.7 Å². The number of aliphatic hydroxyl groups is 1. The molecule has 3 N–H and O–H groups in total. The van der Waals surface area contributed by atoms with Crippen LogP contribution in [-0.2, 0) is 18.6 Å². The molecule has 0 saturated carbocycles. The molecule has 0 fully saturated rings. The molecule has 0 saturated heterocycles. The Bertz CT molecular complexity index is 648. The SMILES string of the molecule is CCNC(=NCc1ccccc1CC)NCC(C)(O)c1ccco1. The average molecular weight is 329 g/mol.